The lowest BCUT2D eigenvalue weighted by molar-refractivity contribution is 0.0730. The van der Waals surface area contributed by atoms with Crippen LogP contribution >= 0.6 is 0 Å². The Bertz CT molecular complexity index is 789. The van der Waals surface area contributed by atoms with Gasteiger partial charge in [-0.05, 0) is 19.1 Å². The maximum Gasteiger partial charge on any atom is 0.317 e. The summed E-state index contributed by atoms with van der Waals surface area (Å²) in [7, 11) is -3.37. The van der Waals surface area contributed by atoms with Crippen molar-refractivity contribution in [2.24, 2.45) is 0 Å². The number of amides is 2. The van der Waals surface area contributed by atoms with E-state index in [1.165, 1.54) is 4.31 Å². The highest BCUT2D eigenvalue weighted by Gasteiger charge is 2.26. The number of sulfonamides is 1. The Kier molecular flexibility index (Phi) is 8.17. The Balaban J connectivity index is 1.40. The van der Waals surface area contributed by atoms with Crippen molar-refractivity contribution in [3.05, 3.63) is 24.3 Å². The molecule has 9 nitrogen and oxygen atoms in total. The van der Waals surface area contributed by atoms with Gasteiger partial charge in [-0.25, -0.2) is 13.2 Å². The number of hydrogen-bond donors (Lipinski definition) is 1. The third-order valence-corrected chi connectivity index (χ3v) is 7.04. The first-order valence-corrected chi connectivity index (χ1v) is 12.1. The SMILES string of the molecule is CCOc1ccccc1OC1CCN(C(=O)NCCS(=O)(=O)N2CCOCC2)CC1. The number of nitrogens with zero attached hydrogens (tertiary/aromatic N) is 2. The van der Waals surface area contributed by atoms with E-state index in [1.807, 2.05) is 31.2 Å². The summed E-state index contributed by atoms with van der Waals surface area (Å²) in [6.45, 7) is 5.28. The minimum absolute atomic E-state index is 0.0114. The molecular formula is C20H31N3O6S. The lowest BCUT2D eigenvalue weighted by Crippen LogP contribution is -2.48. The Morgan fingerprint density at radius 1 is 1.13 bits per heavy atom. The van der Waals surface area contributed by atoms with Crippen LogP contribution < -0.4 is 14.8 Å². The predicted octanol–water partition coefficient (Wildman–Crippen LogP) is 1.30. The highest BCUT2D eigenvalue weighted by molar-refractivity contribution is 7.89. The molecule has 0 radical (unpaired) electrons. The Morgan fingerprint density at radius 2 is 1.80 bits per heavy atom. The zero-order valence-electron chi connectivity index (χ0n) is 17.4. The summed E-state index contributed by atoms with van der Waals surface area (Å²) in [6, 6.07) is 7.35. The molecular weight excluding hydrogens is 410 g/mol. The second kappa shape index (κ2) is 10.8. The normalized spacial score (nSPS) is 18.8. The largest absolute Gasteiger partial charge is 0.490 e. The molecule has 0 aliphatic carbocycles. The average molecular weight is 442 g/mol. The third-order valence-electron chi connectivity index (χ3n) is 5.17. The number of morpholine rings is 1. The van der Waals surface area contributed by atoms with Crippen molar-refractivity contribution in [1.82, 2.24) is 14.5 Å². The maximum absolute atomic E-state index is 12.4. The summed E-state index contributed by atoms with van der Waals surface area (Å²) >= 11 is 0. The summed E-state index contributed by atoms with van der Waals surface area (Å²) in [5.41, 5.74) is 0. The fraction of sp³-hybridized carbons (Fsp3) is 0.650. The van der Waals surface area contributed by atoms with Gasteiger partial charge in [0.15, 0.2) is 11.5 Å². The number of rotatable bonds is 8. The van der Waals surface area contributed by atoms with Gasteiger partial charge in [0.25, 0.3) is 0 Å². The van der Waals surface area contributed by atoms with Crippen molar-refractivity contribution >= 4 is 16.1 Å². The van der Waals surface area contributed by atoms with E-state index in [0.717, 1.165) is 11.5 Å². The first kappa shape index (κ1) is 22.6. The second-order valence-electron chi connectivity index (χ2n) is 7.24. The van der Waals surface area contributed by atoms with Gasteiger partial charge in [0.05, 0.1) is 25.6 Å². The molecule has 30 heavy (non-hydrogen) atoms. The van der Waals surface area contributed by atoms with Crippen molar-refractivity contribution < 1.29 is 27.4 Å². The summed E-state index contributed by atoms with van der Waals surface area (Å²) in [5.74, 6) is 1.34. The minimum atomic E-state index is -3.37. The van der Waals surface area contributed by atoms with E-state index in [2.05, 4.69) is 5.32 Å². The lowest BCUT2D eigenvalue weighted by Gasteiger charge is -2.32. The van der Waals surface area contributed by atoms with Gasteiger partial charge in [0.1, 0.15) is 6.10 Å². The van der Waals surface area contributed by atoms with Gasteiger partial charge < -0.3 is 24.4 Å². The Labute approximate surface area is 178 Å². The molecule has 0 bridgehead atoms. The maximum atomic E-state index is 12.4. The van der Waals surface area contributed by atoms with Gasteiger partial charge in [0.2, 0.25) is 10.0 Å². The van der Waals surface area contributed by atoms with Gasteiger partial charge in [-0.3, -0.25) is 0 Å². The molecule has 3 rings (SSSR count). The lowest BCUT2D eigenvalue weighted by atomic mass is 10.1. The van der Waals surface area contributed by atoms with Crippen molar-refractivity contribution in [3.63, 3.8) is 0 Å². The molecule has 0 atom stereocenters. The van der Waals surface area contributed by atoms with E-state index < -0.39 is 10.0 Å². The topological polar surface area (TPSA) is 97.4 Å². The smallest absolute Gasteiger partial charge is 0.317 e. The van der Waals surface area contributed by atoms with Gasteiger partial charge in [-0.15, -0.1) is 0 Å². The summed E-state index contributed by atoms with van der Waals surface area (Å²) in [5, 5.41) is 2.73. The molecule has 2 amide bonds. The highest BCUT2D eigenvalue weighted by atomic mass is 32.2. The fourth-order valence-electron chi connectivity index (χ4n) is 3.53. The van der Waals surface area contributed by atoms with E-state index in [4.69, 9.17) is 14.2 Å². The number of piperidine rings is 1. The number of carbonyl (C=O) groups is 1. The van der Waals surface area contributed by atoms with Gasteiger partial charge in [-0.1, -0.05) is 12.1 Å². The van der Waals surface area contributed by atoms with Crippen LogP contribution in [0.5, 0.6) is 11.5 Å². The van der Waals surface area contributed by atoms with Crippen LogP contribution in [-0.4, -0.2) is 88.1 Å². The molecule has 0 spiro atoms. The first-order valence-electron chi connectivity index (χ1n) is 10.5. The van der Waals surface area contributed by atoms with Crippen LogP contribution in [0.4, 0.5) is 4.79 Å². The molecule has 2 aliphatic rings. The number of likely N-dealkylation sites (tertiary alicyclic amines) is 1. The van der Waals surface area contributed by atoms with E-state index in [0.29, 0.717) is 58.8 Å². The molecule has 168 valence electrons. The molecule has 0 unspecified atom stereocenters. The third kappa shape index (κ3) is 6.23. The van der Waals surface area contributed by atoms with Crippen molar-refractivity contribution in [2.45, 2.75) is 25.9 Å². The zero-order valence-corrected chi connectivity index (χ0v) is 18.2. The molecule has 1 aromatic carbocycles. The van der Waals surface area contributed by atoms with Crippen LogP contribution in [0, 0.1) is 0 Å². The number of carbonyl (C=O) groups excluding carboxylic acids is 1. The Hall–Kier alpha value is -2.04. The molecule has 0 saturated carbocycles. The zero-order chi connectivity index (χ0) is 21.4. The van der Waals surface area contributed by atoms with E-state index in [9.17, 15) is 13.2 Å². The van der Waals surface area contributed by atoms with Crippen LogP contribution in [-0.2, 0) is 14.8 Å². The molecule has 2 heterocycles. The number of para-hydroxylation sites is 2. The average Bonchev–Trinajstić information content (AvgIpc) is 2.76. The van der Waals surface area contributed by atoms with Crippen molar-refractivity contribution in [3.8, 4) is 11.5 Å². The summed E-state index contributed by atoms with van der Waals surface area (Å²) in [4.78, 5) is 14.1. The van der Waals surface area contributed by atoms with E-state index >= 15 is 0 Å². The highest BCUT2D eigenvalue weighted by Crippen LogP contribution is 2.29. The van der Waals surface area contributed by atoms with Gasteiger partial charge in [-0.2, -0.15) is 4.31 Å². The van der Waals surface area contributed by atoms with E-state index in [-0.39, 0.29) is 24.4 Å². The standard InChI is InChI=1S/C20H31N3O6S/c1-2-28-18-5-3-4-6-19(18)29-17-7-10-22(11-8-17)20(24)21-9-16-30(25,26)23-12-14-27-15-13-23/h3-6,17H,2,7-16H2,1H3,(H,21,24). The van der Waals surface area contributed by atoms with Crippen LogP contribution in [0.2, 0.25) is 0 Å². The molecule has 2 saturated heterocycles. The molecule has 2 aliphatic heterocycles. The van der Waals surface area contributed by atoms with Crippen LogP contribution in [0.1, 0.15) is 19.8 Å². The molecule has 2 fully saturated rings. The number of nitrogens with one attached hydrogen (secondary N) is 1. The number of hydrogen-bond acceptors (Lipinski definition) is 6. The van der Waals surface area contributed by atoms with Crippen molar-refractivity contribution in [2.75, 3.05) is 58.3 Å². The quantitative estimate of drug-likeness (QED) is 0.653. The van der Waals surface area contributed by atoms with Crippen LogP contribution in [0.3, 0.4) is 0 Å². The van der Waals surface area contributed by atoms with Gasteiger partial charge in [0, 0.05) is 45.6 Å². The molecule has 10 heteroatoms. The predicted molar refractivity (Wildman–Crippen MR) is 112 cm³/mol. The Morgan fingerprint density at radius 3 is 2.47 bits per heavy atom. The number of ether oxygens (including phenoxy) is 3. The summed E-state index contributed by atoms with van der Waals surface area (Å²) in [6.07, 6.45) is 1.43. The molecule has 0 aromatic heterocycles. The van der Waals surface area contributed by atoms with Gasteiger partial charge >= 0.3 is 6.03 Å². The molecule has 1 aromatic rings. The van der Waals surface area contributed by atoms with Crippen molar-refractivity contribution in [1.29, 1.82) is 0 Å². The molecule has 1 N–H and O–H groups in total. The van der Waals surface area contributed by atoms with Crippen LogP contribution in [0.25, 0.3) is 0 Å². The van der Waals surface area contributed by atoms with E-state index in [1.54, 1.807) is 4.90 Å². The second-order valence-corrected chi connectivity index (χ2v) is 9.33. The summed E-state index contributed by atoms with van der Waals surface area (Å²) < 4.78 is 42.9. The monoisotopic (exact) mass is 441 g/mol. The number of urea groups is 1. The number of benzene rings is 1. The minimum Gasteiger partial charge on any atom is -0.490 e. The van der Waals surface area contributed by atoms with Crippen LogP contribution in [0.15, 0.2) is 24.3 Å². The first-order chi connectivity index (χ1) is 14.5. The fourth-order valence-corrected chi connectivity index (χ4v) is 4.85.